The zero-order valence-electron chi connectivity index (χ0n) is 16.7. The minimum Gasteiger partial charge on any atom is -0.320 e. The van der Waals surface area contributed by atoms with Gasteiger partial charge in [-0.2, -0.15) is 13.9 Å². The smallest absolute Gasteiger partial charge is 0.320 e. The molecule has 4 rings (SSSR count). The first-order valence-corrected chi connectivity index (χ1v) is 11.3. The lowest BCUT2D eigenvalue weighted by Gasteiger charge is -2.23. The van der Waals surface area contributed by atoms with Crippen LogP contribution in [0.1, 0.15) is 18.0 Å². The summed E-state index contributed by atoms with van der Waals surface area (Å²) in [6.45, 7) is 0. The highest BCUT2D eigenvalue weighted by atomic mass is 32.2. The summed E-state index contributed by atoms with van der Waals surface area (Å²) >= 11 is 0. The van der Waals surface area contributed by atoms with Gasteiger partial charge in [0.2, 0.25) is 9.84 Å². The van der Waals surface area contributed by atoms with Crippen molar-refractivity contribution in [2.24, 2.45) is 5.10 Å². The highest BCUT2D eigenvalue weighted by molar-refractivity contribution is 7.91. The van der Waals surface area contributed by atoms with Gasteiger partial charge in [-0.05, 0) is 29.8 Å². The predicted octanol–water partition coefficient (Wildman–Crippen LogP) is 4.63. The second kappa shape index (κ2) is 8.88. The van der Waals surface area contributed by atoms with E-state index in [1.54, 1.807) is 5.01 Å². The van der Waals surface area contributed by atoms with Crippen molar-refractivity contribution >= 4 is 32.8 Å². The monoisotopic (exact) mass is 455 g/mol. The van der Waals surface area contributed by atoms with Gasteiger partial charge in [0, 0.05) is 6.42 Å². The molecule has 3 aromatic rings. The van der Waals surface area contributed by atoms with E-state index in [-0.39, 0.29) is 23.9 Å². The summed E-state index contributed by atoms with van der Waals surface area (Å²) in [4.78, 5) is 12.3. The Morgan fingerprint density at radius 1 is 0.938 bits per heavy atom. The van der Waals surface area contributed by atoms with Crippen molar-refractivity contribution < 1.29 is 22.0 Å². The van der Waals surface area contributed by atoms with Gasteiger partial charge in [0.1, 0.15) is 5.71 Å². The Morgan fingerprint density at radius 3 is 2.19 bits per heavy atom. The summed E-state index contributed by atoms with van der Waals surface area (Å²) in [6, 6.07) is 23.7. The molecule has 1 amide bonds. The molecule has 0 fully saturated rings. The number of rotatable bonds is 6. The van der Waals surface area contributed by atoms with E-state index in [0.717, 1.165) is 17.3 Å². The number of hydrazone groups is 1. The Hall–Kier alpha value is -3.59. The highest BCUT2D eigenvalue weighted by Crippen LogP contribution is 2.35. The fraction of sp³-hybridized carbons (Fsp3) is 0.130. The molecule has 1 atom stereocenters. The molecule has 0 radical (unpaired) electrons. The Bertz CT molecular complexity index is 1250. The third-order valence-corrected chi connectivity index (χ3v) is 6.49. The van der Waals surface area contributed by atoms with Crippen molar-refractivity contribution in [3.8, 4) is 0 Å². The molecule has 164 valence electrons. The third-order valence-electron chi connectivity index (χ3n) is 5.05. The Kier molecular flexibility index (Phi) is 6.00. The number of sulfone groups is 1. The Balaban J connectivity index is 1.65. The Morgan fingerprint density at radius 2 is 1.53 bits per heavy atom. The van der Waals surface area contributed by atoms with Crippen molar-refractivity contribution in [3.05, 3.63) is 90.5 Å². The minimum atomic E-state index is -4.88. The van der Waals surface area contributed by atoms with Crippen LogP contribution in [-0.4, -0.2) is 25.8 Å². The fourth-order valence-electron chi connectivity index (χ4n) is 3.51. The number of amides is 1. The maximum atomic E-state index is 13.1. The van der Waals surface area contributed by atoms with Crippen molar-refractivity contribution in [3.63, 3.8) is 0 Å². The van der Waals surface area contributed by atoms with Gasteiger partial charge in [-0.1, -0.05) is 60.7 Å². The van der Waals surface area contributed by atoms with Crippen LogP contribution in [0.15, 0.2) is 94.9 Å². The van der Waals surface area contributed by atoms with E-state index in [9.17, 15) is 22.0 Å². The molecule has 1 heterocycles. The van der Waals surface area contributed by atoms with Crippen molar-refractivity contribution in [2.45, 2.75) is 23.1 Å². The first-order chi connectivity index (χ1) is 15.4. The maximum Gasteiger partial charge on any atom is 0.341 e. The van der Waals surface area contributed by atoms with Crippen LogP contribution in [0.2, 0.25) is 0 Å². The number of halogens is 2. The molecule has 1 N–H and O–H groups in total. The molecule has 0 aromatic heterocycles. The normalized spacial score (nSPS) is 16.2. The molecular formula is C23H19F2N3O3S. The van der Waals surface area contributed by atoms with Gasteiger partial charge < -0.3 is 5.32 Å². The average molecular weight is 455 g/mol. The van der Waals surface area contributed by atoms with Gasteiger partial charge in [-0.15, -0.1) is 0 Å². The van der Waals surface area contributed by atoms with Crippen LogP contribution < -0.4 is 10.3 Å². The maximum absolute atomic E-state index is 13.1. The first-order valence-electron chi connectivity index (χ1n) is 9.77. The number of alkyl halides is 2. The molecule has 0 saturated heterocycles. The second-order valence-corrected chi connectivity index (χ2v) is 9.00. The molecule has 1 aliphatic heterocycles. The second-order valence-electron chi connectivity index (χ2n) is 7.11. The number of anilines is 2. The number of nitrogens with zero attached hydrogens (tertiary/aromatic N) is 2. The largest absolute Gasteiger partial charge is 0.341 e. The molecule has 0 spiro atoms. The fourth-order valence-corrected chi connectivity index (χ4v) is 4.40. The van der Waals surface area contributed by atoms with Crippen LogP contribution in [0.25, 0.3) is 0 Å². The van der Waals surface area contributed by atoms with Crippen LogP contribution in [-0.2, 0) is 14.6 Å². The van der Waals surface area contributed by atoms with Crippen molar-refractivity contribution in [2.75, 3.05) is 10.3 Å². The van der Waals surface area contributed by atoms with E-state index in [1.165, 1.54) is 18.2 Å². The third kappa shape index (κ3) is 4.24. The summed E-state index contributed by atoms with van der Waals surface area (Å²) in [7, 11) is -4.88. The minimum absolute atomic E-state index is 0.159. The van der Waals surface area contributed by atoms with Gasteiger partial charge in [0.25, 0.3) is 5.91 Å². The van der Waals surface area contributed by atoms with Crippen LogP contribution in [0.3, 0.4) is 0 Å². The summed E-state index contributed by atoms with van der Waals surface area (Å²) in [5.74, 6) is -4.25. The molecule has 1 unspecified atom stereocenters. The van der Waals surface area contributed by atoms with Gasteiger partial charge in [0.15, 0.2) is 0 Å². The van der Waals surface area contributed by atoms with E-state index in [1.807, 2.05) is 60.7 Å². The molecule has 1 aliphatic rings. The van der Waals surface area contributed by atoms with Crippen molar-refractivity contribution in [1.82, 2.24) is 0 Å². The number of benzene rings is 3. The zero-order chi connectivity index (χ0) is 22.7. The molecule has 3 aromatic carbocycles. The molecule has 0 saturated carbocycles. The standard InChI is InChI=1S/C23H19F2N3O3S/c24-23(25)32(30,31)21-14-8-7-13-18(21)26-22(29)19-15-20(16-9-3-1-4-10-16)28(27-19)17-11-5-2-6-12-17/h1-14,20,23H,15H2,(H,26,29). The molecular weight excluding hydrogens is 436 g/mol. The van der Waals surface area contributed by atoms with Gasteiger partial charge in [-0.3, -0.25) is 9.80 Å². The van der Waals surface area contributed by atoms with E-state index < -0.39 is 26.4 Å². The van der Waals surface area contributed by atoms with Crippen molar-refractivity contribution in [1.29, 1.82) is 0 Å². The van der Waals surface area contributed by atoms with Gasteiger partial charge in [0.05, 0.1) is 22.3 Å². The first kappa shape index (κ1) is 21.6. The van der Waals surface area contributed by atoms with Gasteiger partial charge >= 0.3 is 5.76 Å². The summed E-state index contributed by atoms with van der Waals surface area (Å²) in [5, 5.41) is 8.66. The zero-order valence-corrected chi connectivity index (χ0v) is 17.5. The lowest BCUT2D eigenvalue weighted by atomic mass is 10.0. The van der Waals surface area contributed by atoms with E-state index >= 15 is 0 Å². The summed E-state index contributed by atoms with van der Waals surface area (Å²) in [5.41, 5.74) is 1.68. The predicted molar refractivity (Wildman–Crippen MR) is 118 cm³/mol. The number of para-hydroxylation sites is 2. The van der Waals surface area contributed by atoms with Crippen LogP contribution >= 0.6 is 0 Å². The molecule has 6 nitrogen and oxygen atoms in total. The SMILES string of the molecule is O=C(Nc1ccccc1S(=O)(=O)C(F)F)C1=NN(c2ccccc2)C(c2ccccc2)C1. The highest BCUT2D eigenvalue weighted by Gasteiger charge is 2.34. The summed E-state index contributed by atoms with van der Waals surface area (Å²) in [6.07, 6.45) is 0.258. The van der Waals surface area contributed by atoms with E-state index in [4.69, 9.17) is 0 Å². The molecule has 0 bridgehead atoms. The molecule has 0 aliphatic carbocycles. The lowest BCUT2D eigenvalue weighted by molar-refractivity contribution is -0.110. The molecule has 9 heteroatoms. The lowest BCUT2D eigenvalue weighted by Crippen LogP contribution is -2.24. The quantitative estimate of drug-likeness (QED) is 0.588. The molecule has 32 heavy (non-hydrogen) atoms. The number of hydrogen-bond donors (Lipinski definition) is 1. The van der Waals surface area contributed by atoms with E-state index in [2.05, 4.69) is 10.4 Å². The number of nitrogens with one attached hydrogen (secondary N) is 1. The van der Waals surface area contributed by atoms with Crippen LogP contribution in [0, 0.1) is 0 Å². The number of carbonyl (C=O) groups is 1. The summed E-state index contributed by atoms with van der Waals surface area (Å²) < 4.78 is 50.1. The topological polar surface area (TPSA) is 78.8 Å². The number of carbonyl (C=O) groups excluding carboxylic acids is 1. The van der Waals surface area contributed by atoms with Gasteiger partial charge in [-0.25, -0.2) is 8.42 Å². The average Bonchev–Trinajstić information content (AvgIpc) is 3.26. The van der Waals surface area contributed by atoms with E-state index in [0.29, 0.717) is 0 Å². The van der Waals surface area contributed by atoms with Crippen LogP contribution in [0.4, 0.5) is 20.2 Å². The number of hydrogen-bond acceptors (Lipinski definition) is 5. The van der Waals surface area contributed by atoms with Crippen LogP contribution in [0.5, 0.6) is 0 Å². The Labute approximate surface area is 184 Å².